The first-order chi connectivity index (χ1) is 14.4. The molecule has 0 unspecified atom stereocenters. The molecule has 0 aromatic heterocycles. The zero-order valence-corrected chi connectivity index (χ0v) is 17.3. The van der Waals surface area contributed by atoms with E-state index in [1.54, 1.807) is 48.2 Å². The summed E-state index contributed by atoms with van der Waals surface area (Å²) in [4.78, 5) is 2.16. The zero-order valence-electron chi connectivity index (χ0n) is 16.5. The minimum atomic E-state index is -0.455. The SMILES string of the molecule is CC(c1ccc(O)cc1)(c1ccc(O)cc1)c1ccc(Sc2ccc(O)cc2)cc1. The molecule has 0 aliphatic carbocycles. The summed E-state index contributed by atoms with van der Waals surface area (Å²) in [5, 5.41) is 28.9. The first-order valence-corrected chi connectivity index (χ1v) is 10.4. The Hall–Kier alpha value is -3.37. The predicted octanol–water partition coefficient (Wildman–Crippen LogP) is 6.31. The Labute approximate surface area is 180 Å². The average Bonchev–Trinajstić information content (AvgIpc) is 2.76. The van der Waals surface area contributed by atoms with Gasteiger partial charge in [0.2, 0.25) is 0 Å². The third-order valence-corrected chi connectivity index (χ3v) is 6.41. The van der Waals surface area contributed by atoms with Gasteiger partial charge in [-0.1, -0.05) is 48.2 Å². The van der Waals surface area contributed by atoms with E-state index in [4.69, 9.17) is 0 Å². The minimum absolute atomic E-state index is 0.229. The van der Waals surface area contributed by atoms with Crippen LogP contribution in [0.1, 0.15) is 23.6 Å². The van der Waals surface area contributed by atoms with Crippen molar-refractivity contribution < 1.29 is 15.3 Å². The Morgan fingerprint density at radius 1 is 0.467 bits per heavy atom. The van der Waals surface area contributed by atoms with Crippen LogP contribution in [0, 0.1) is 0 Å². The second-order valence-corrected chi connectivity index (χ2v) is 8.49. The van der Waals surface area contributed by atoms with Crippen LogP contribution in [-0.4, -0.2) is 15.3 Å². The molecular formula is C26H22O3S. The smallest absolute Gasteiger partial charge is 0.115 e. The standard InChI is InChI=1S/C26H22O3S/c1-26(18-2-8-21(27)9-3-18,19-4-10-22(28)11-5-19)20-6-14-24(15-7-20)30-25-16-12-23(29)13-17-25/h2-17,27-29H,1H3. The lowest BCUT2D eigenvalue weighted by atomic mass is 9.71. The highest BCUT2D eigenvalue weighted by Crippen LogP contribution is 2.41. The Balaban J connectivity index is 1.72. The van der Waals surface area contributed by atoms with Gasteiger partial charge in [-0.05, 0) is 84.3 Å². The third kappa shape index (κ3) is 4.00. The molecule has 3 N–H and O–H groups in total. The monoisotopic (exact) mass is 414 g/mol. The van der Waals surface area contributed by atoms with Crippen molar-refractivity contribution in [3.8, 4) is 17.2 Å². The molecule has 0 spiro atoms. The van der Waals surface area contributed by atoms with Crippen molar-refractivity contribution in [1.82, 2.24) is 0 Å². The summed E-state index contributed by atoms with van der Waals surface area (Å²) in [5.41, 5.74) is 2.74. The van der Waals surface area contributed by atoms with Crippen LogP contribution in [0.15, 0.2) is 107 Å². The number of phenolic OH excluding ortho intramolecular Hbond substituents is 3. The first kappa shape index (κ1) is 19.9. The maximum atomic E-state index is 9.74. The largest absolute Gasteiger partial charge is 0.508 e. The van der Waals surface area contributed by atoms with Crippen LogP contribution in [0.4, 0.5) is 0 Å². The summed E-state index contributed by atoms with van der Waals surface area (Å²) in [6.45, 7) is 2.15. The molecule has 30 heavy (non-hydrogen) atoms. The summed E-state index contributed by atoms with van der Waals surface area (Å²) >= 11 is 1.63. The maximum Gasteiger partial charge on any atom is 0.115 e. The third-order valence-electron chi connectivity index (χ3n) is 5.39. The second-order valence-electron chi connectivity index (χ2n) is 7.34. The van der Waals surface area contributed by atoms with E-state index in [1.807, 2.05) is 36.4 Å². The van der Waals surface area contributed by atoms with Crippen LogP contribution >= 0.6 is 11.8 Å². The van der Waals surface area contributed by atoms with Crippen molar-refractivity contribution in [1.29, 1.82) is 0 Å². The summed E-state index contributed by atoms with van der Waals surface area (Å²) < 4.78 is 0. The number of phenols is 3. The van der Waals surface area contributed by atoms with E-state index in [1.165, 1.54) is 0 Å². The molecule has 0 saturated carbocycles. The van der Waals surface area contributed by atoms with Crippen molar-refractivity contribution >= 4 is 11.8 Å². The lowest BCUT2D eigenvalue weighted by Crippen LogP contribution is -2.25. The lowest BCUT2D eigenvalue weighted by Gasteiger charge is -2.32. The fourth-order valence-corrected chi connectivity index (χ4v) is 4.41. The van der Waals surface area contributed by atoms with Gasteiger partial charge in [0.15, 0.2) is 0 Å². The number of benzene rings is 4. The van der Waals surface area contributed by atoms with Gasteiger partial charge in [-0.25, -0.2) is 0 Å². The molecule has 0 amide bonds. The molecular weight excluding hydrogens is 392 g/mol. The molecule has 0 radical (unpaired) electrons. The van der Waals surface area contributed by atoms with Crippen LogP contribution < -0.4 is 0 Å². The van der Waals surface area contributed by atoms with Crippen molar-refractivity contribution in [3.05, 3.63) is 114 Å². The summed E-state index contributed by atoms with van der Waals surface area (Å²) in [7, 11) is 0. The Morgan fingerprint density at radius 3 is 1.10 bits per heavy atom. The maximum absolute atomic E-state index is 9.74. The van der Waals surface area contributed by atoms with Gasteiger partial charge in [0, 0.05) is 15.2 Å². The molecule has 0 atom stereocenters. The average molecular weight is 415 g/mol. The molecule has 150 valence electrons. The highest BCUT2D eigenvalue weighted by molar-refractivity contribution is 7.99. The fraction of sp³-hybridized carbons (Fsp3) is 0.0769. The quantitative estimate of drug-likeness (QED) is 0.335. The molecule has 0 saturated heterocycles. The molecule has 3 nitrogen and oxygen atoms in total. The zero-order chi connectivity index (χ0) is 21.1. The van der Waals surface area contributed by atoms with Gasteiger partial charge in [-0.3, -0.25) is 0 Å². The molecule has 4 rings (SSSR count). The van der Waals surface area contributed by atoms with E-state index >= 15 is 0 Å². The Kier molecular flexibility index (Phi) is 5.42. The molecule has 0 heterocycles. The fourth-order valence-electron chi connectivity index (χ4n) is 3.60. The van der Waals surface area contributed by atoms with Crippen LogP contribution in [0.25, 0.3) is 0 Å². The number of rotatable bonds is 5. The van der Waals surface area contributed by atoms with Gasteiger partial charge in [-0.15, -0.1) is 0 Å². The van der Waals surface area contributed by atoms with E-state index in [-0.39, 0.29) is 17.2 Å². The van der Waals surface area contributed by atoms with Crippen molar-refractivity contribution in [2.24, 2.45) is 0 Å². The van der Waals surface area contributed by atoms with Gasteiger partial charge in [-0.2, -0.15) is 0 Å². The Morgan fingerprint density at radius 2 is 0.733 bits per heavy atom. The second kappa shape index (κ2) is 8.17. The lowest BCUT2D eigenvalue weighted by molar-refractivity contribution is 0.474. The normalized spacial score (nSPS) is 11.4. The van der Waals surface area contributed by atoms with Crippen molar-refractivity contribution in [2.45, 2.75) is 22.1 Å². The van der Waals surface area contributed by atoms with E-state index in [9.17, 15) is 15.3 Å². The van der Waals surface area contributed by atoms with E-state index < -0.39 is 5.41 Å². The minimum Gasteiger partial charge on any atom is -0.508 e. The number of hydrogen-bond donors (Lipinski definition) is 3. The van der Waals surface area contributed by atoms with E-state index in [0.29, 0.717) is 0 Å². The van der Waals surface area contributed by atoms with Gasteiger partial charge in [0.25, 0.3) is 0 Å². The number of aromatic hydroxyl groups is 3. The van der Waals surface area contributed by atoms with Gasteiger partial charge in [0.05, 0.1) is 0 Å². The van der Waals surface area contributed by atoms with Crippen LogP contribution in [0.2, 0.25) is 0 Å². The molecule has 4 heteroatoms. The molecule has 0 aliphatic rings. The van der Waals surface area contributed by atoms with Gasteiger partial charge >= 0.3 is 0 Å². The van der Waals surface area contributed by atoms with Crippen molar-refractivity contribution in [3.63, 3.8) is 0 Å². The molecule has 0 aliphatic heterocycles. The highest BCUT2D eigenvalue weighted by atomic mass is 32.2. The summed E-state index contributed by atoms with van der Waals surface area (Å²) in [6.07, 6.45) is 0. The van der Waals surface area contributed by atoms with Crippen LogP contribution in [0.3, 0.4) is 0 Å². The van der Waals surface area contributed by atoms with Crippen LogP contribution in [0.5, 0.6) is 17.2 Å². The van der Waals surface area contributed by atoms with Gasteiger partial charge < -0.3 is 15.3 Å². The molecule has 4 aromatic carbocycles. The van der Waals surface area contributed by atoms with Crippen LogP contribution in [-0.2, 0) is 5.41 Å². The topological polar surface area (TPSA) is 60.7 Å². The number of hydrogen-bond acceptors (Lipinski definition) is 4. The van der Waals surface area contributed by atoms with Crippen molar-refractivity contribution in [2.75, 3.05) is 0 Å². The first-order valence-electron chi connectivity index (χ1n) is 9.61. The molecule has 0 fully saturated rings. The predicted molar refractivity (Wildman–Crippen MR) is 120 cm³/mol. The molecule has 0 bridgehead atoms. The summed E-state index contributed by atoms with van der Waals surface area (Å²) in [5.74, 6) is 0.716. The van der Waals surface area contributed by atoms with E-state index in [0.717, 1.165) is 26.5 Å². The molecule has 4 aromatic rings. The Bertz CT molecular complexity index is 1070. The highest BCUT2D eigenvalue weighted by Gasteiger charge is 2.31. The van der Waals surface area contributed by atoms with E-state index in [2.05, 4.69) is 31.2 Å². The van der Waals surface area contributed by atoms with Gasteiger partial charge in [0.1, 0.15) is 17.2 Å². The summed E-state index contributed by atoms with van der Waals surface area (Å²) in [6, 6.07) is 30.1.